The van der Waals surface area contributed by atoms with Crippen molar-refractivity contribution in [3.8, 4) is 11.1 Å². The molecular weight excluding hydrogens is 456 g/mol. The Kier molecular flexibility index (Phi) is 3.76. The molecule has 0 saturated carbocycles. The number of halogens is 1. The van der Waals surface area contributed by atoms with Crippen molar-refractivity contribution in [1.82, 2.24) is 0 Å². The number of fused-ring (bicyclic) bond motifs is 9. The molecule has 1 nitrogen and oxygen atoms in total. The van der Waals surface area contributed by atoms with Gasteiger partial charge >= 0.3 is 0 Å². The molecule has 150 valence electrons. The van der Waals surface area contributed by atoms with Gasteiger partial charge in [-0.15, -0.1) is 0 Å². The molecule has 0 amide bonds. The summed E-state index contributed by atoms with van der Waals surface area (Å²) < 4.78 is 7.13. The standard InChI is InChI=1S/C30H17BrO/c31-27-10-5-11-29-30(27)26-17-19(13-15-28(26)32-29)18-12-14-24-22-8-2-1-6-20(22)21-7-3-4-9-23(21)25(24)16-18/h1-17H. The molecule has 0 N–H and O–H groups in total. The van der Waals surface area contributed by atoms with Crippen molar-refractivity contribution in [2.24, 2.45) is 0 Å². The highest BCUT2D eigenvalue weighted by atomic mass is 79.9. The number of rotatable bonds is 1. The predicted molar refractivity (Wildman–Crippen MR) is 139 cm³/mol. The third-order valence-corrected chi connectivity index (χ3v) is 7.18. The van der Waals surface area contributed by atoms with Gasteiger partial charge in [-0.1, -0.05) is 88.7 Å². The molecule has 0 aliphatic rings. The summed E-state index contributed by atoms with van der Waals surface area (Å²) in [6.45, 7) is 0. The quantitative estimate of drug-likeness (QED) is 0.217. The minimum atomic E-state index is 0.905. The first-order chi connectivity index (χ1) is 15.8. The molecule has 6 aromatic carbocycles. The van der Waals surface area contributed by atoms with Crippen LogP contribution in [-0.4, -0.2) is 0 Å². The van der Waals surface area contributed by atoms with Crippen LogP contribution in [0.3, 0.4) is 0 Å². The van der Waals surface area contributed by atoms with E-state index in [0.717, 1.165) is 26.4 Å². The molecular formula is C30H17BrO. The highest BCUT2D eigenvalue weighted by Gasteiger charge is 2.13. The van der Waals surface area contributed by atoms with Crippen LogP contribution in [0.1, 0.15) is 0 Å². The van der Waals surface area contributed by atoms with Gasteiger partial charge in [0.2, 0.25) is 0 Å². The summed E-state index contributed by atoms with van der Waals surface area (Å²) in [5.41, 5.74) is 4.21. The molecule has 0 spiro atoms. The number of furan rings is 1. The first-order valence-electron chi connectivity index (χ1n) is 10.7. The van der Waals surface area contributed by atoms with E-state index in [1.54, 1.807) is 0 Å². The number of benzene rings is 6. The fourth-order valence-electron chi connectivity index (χ4n) is 5.05. The van der Waals surface area contributed by atoms with Crippen LogP contribution in [0.15, 0.2) is 112 Å². The molecule has 0 bridgehead atoms. The molecule has 0 atom stereocenters. The maximum absolute atomic E-state index is 6.07. The van der Waals surface area contributed by atoms with Crippen LogP contribution in [-0.2, 0) is 0 Å². The Hall–Kier alpha value is -3.62. The summed E-state index contributed by atoms with van der Waals surface area (Å²) in [6.07, 6.45) is 0. The molecule has 0 aliphatic carbocycles. The Bertz CT molecular complexity index is 1810. The van der Waals surface area contributed by atoms with Crippen LogP contribution in [0.5, 0.6) is 0 Å². The minimum Gasteiger partial charge on any atom is -0.456 e. The zero-order chi connectivity index (χ0) is 21.2. The highest BCUT2D eigenvalue weighted by molar-refractivity contribution is 9.10. The van der Waals surface area contributed by atoms with Gasteiger partial charge in [0.1, 0.15) is 11.2 Å². The summed E-state index contributed by atoms with van der Waals surface area (Å²) in [5.74, 6) is 0. The zero-order valence-electron chi connectivity index (χ0n) is 17.1. The largest absolute Gasteiger partial charge is 0.456 e. The lowest BCUT2D eigenvalue weighted by Crippen LogP contribution is -1.85. The molecule has 7 rings (SSSR count). The number of hydrogen-bond acceptors (Lipinski definition) is 1. The van der Waals surface area contributed by atoms with Crippen molar-refractivity contribution >= 4 is 70.2 Å². The second kappa shape index (κ2) is 6.69. The van der Waals surface area contributed by atoms with Gasteiger partial charge in [0.25, 0.3) is 0 Å². The summed E-state index contributed by atoms with van der Waals surface area (Å²) in [5, 5.41) is 10.0. The molecule has 0 fully saturated rings. The van der Waals surface area contributed by atoms with E-state index in [9.17, 15) is 0 Å². The Labute approximate surface area is 193 Å². The SMILES string of the molecule is Brc1cccc2oc3ccc(-c4ccc5c6ccccc6c6ccccc6c5c4)cc3c12. The molecule has 1 aromatic heterocycles. The van der Waals surface area contributed by atoms with Gasteiger partial charge in [0, 0.05) is 15.2 Å². The lowest BCUT2D eigenvalue weighted by molar-refractivity contribution is 0.669. The molecule has 0 radical (unpaired) electrons. The van der Waals surface area contributed by atoms with Gasteiger partial charge < -0.3 is 4.42 Å². The van der Waals surface area contributed by atoms with Gasteiger partial charge in [-0.25, -0.2) is 0 Å². The van der Waals surface area contributed by atoms with Gasteiger partial charge in [0.05, 0.1) is 0 Å². The molecule has 0 saturated heterocycles. The van der Waals surface area contributed by atoms with Crippen LogP contribution < -0.4 is 0 Å². The van der Waals surface area contributed by atoms with Crippen LogP contribution in [0, 0.1) is 0 Å². The monoisotopic (exact) mass is 472 g/mol. The molecule has 7 aromatic rings. The molecule has 2 heteroatoms. The van der Waals surface area contributed by atoms with Crippen LogP contribution in [0.25, 0.3) is 65.4 Å². The van der Waals surface area contributed by atoms with Crippen molar-refractivity contribution in [3.05, 3.63) is 108 Å². The summed E-state index contributed by atoms with van der Waals surface area (Å²) in [6, 6.07) is 36.8. The molecule has 32 heavy (non-hydrogen) atoms. The number of hydrogen-bond donors (Lipinski definition) is 0. The maximum atomic E-state index is 6.07. The van der Waals surface area contributed by atoms with E-state index in [-0.39, 0.29) is 0 Å². The van der Waals surface area contributed by atoms with E-state index in [0.29, 0.717) is 0 Å². The fourth-order valence-corrected chi connectivity index (χ4v) is 5.61. The molecule has 1 heterocycles. The van der Waals surface area contributed by atoms with Crippen molar-refractivity contribution in [2.75, 3.05) is 0 Å². The van der Waals surface area contributed by atoms with Gasteiger partial charge in [-0.2, -0.15) is 0 Å². The Morgan fingerprint density at radius 3 is 1.69 bits per heavy atom. The van der Waals surface area contributed by atoms with E-state index >= 15 is 0 Å². The topological polar surface area (TPSA) is 13.1 Å². The van der Waals surface area contributed by atoms with E-state index < -0.39 is 0 Å². The van der Waals surface area contributed by atoms with Crippen LogP contribution in [0.2, 0.25) is 0 Å². The third kappa shape index (κ3) is 2.50. The third-order valence-electron chi connectivity index (χ3n) is 6.52. The average molecular weight is 473 g/mol. The fraction of sp³-hybridized carbons (Fsp3) is 0. The lowest BCUT2D eigenvalue weighted by Gasteiger charge is -2.12. The van der Waals surface area contributed by atoms with Crippen LogP contribution >= 0.6 is 15.9 Å². The minimum absolute atomic E-state index is 0.905. The Morgan fingerprint density at radius 2 is 1.00 bits per heavy atom. The molecule has 0 unspecified atom stereocenters. The highest BCUT2D eigenvalue weighted by Crippen LogP contribution is 2.39. The van der Waals surface area contributed by atoms with Crippen molar-refractivity contribution in [3.63, 3.8) is 0 Å². The average Bonchev–Trinajstić information content (AvgIpc) is 3.23. The van der Waals surface area contributed by atoms with Crippen LogP contribution in [0.4, 0.5) is 0 Å². The van der Waals surface area contributed by atoms with E-state index in [4.69, 9.17) is 4.42 Å². The van der Waals surface area contributed by atoms with E-state index in [2.05, 4.69) is 107 Å². The first kappa shape index (κ1) is 18.0. The van der Waals surface area contributed by atoms with E-state index in [1.165, 1.54) is 43.4 Å². The summed E-state index contributed by atoms with van der Waals surface area (Å²) in [7, 11) is 0. The lowest BCUT2D eigenvalue weighted by atomic mass is 9.92. The van der Waals surface area contributed by atoms with E-state index in [1.807, 2.05) is 12.1 Å². The first-order valence-corrected chi connectivity index (χ1v) is 11.5. The summed E-state index contributed by atoms with van der Waals surface area (Å²) >= 11 is 3.70. The van der Waals surface area contributed by atoms with Crippen molar-refractivity contribution in [2.45, 2.75) is 0 Å². The summed E-state index contributed by atoms with van der Waals surface area (Å²) in [4.78, 5) is 0. The second-order valence-electron chi connectivity index (χ2n) is 8.28. The Morgan fingerprint density at radius 1 is 0.438 bits per heavy atom. The normalized spacial score (nSPS) is 11.9. The maximum Gasteiger partial charge on any atom is 0.136 e. The smallest absolute Gasteiger partial charge is 0.136 e. The van der Waals surface area contributed by atoms with Gasteiger partial charge in [-0.05, 0) is 73.8 Å². The molecule has 0 aliphatic heterocycles. The Balaban J connectivity index is 1.54. The van der Waals surface area contributed by atoms with Gasteiger partial charge in [-0.3, -0.25) is 0 Å². The van der Waals surface area contributed by atoms with Crippen molar-refractivity contribution in [1.29, 1.82) is 0 Å². The van der Waals surface area contributed by atoms with Crippen molar-refractivity contribution < 1.29 is 4.42 Å². The predicted octanol–water partition coefficient (Wildman–Crippen LogP) is 9.48. The zero-order valence-corrected chi connectivity index (χ0v) is 18.7. The second-order valence-corrected chi connectivity index (χ2v) is 9.13. The van der Waals surface area contributed by atoms with Gasteiger partial charge in [0.15, 0.2) is 0 Å².